The Morgan fingerprint density at radius 3 is 2.48 bits per heavy atom. The first-order chi connectivity index (χ1) is 15.7. The Morgan fingerprint density at radius 2 is 1.82 bits per heavy atom. The molecule has 1 aromatic rings. The molecule has 0 spiro atoms. The molecular weight excluding hydrogens is 437 g/mol. The lowest BCUT2D eigenvalue weighted by Crippen LogP contribution is -2.19. The molecule has 178 valence electrons. The number of halogens is 3. The number of benzene rings is 1. The summed E-state index contributed by atoms with van der Waals surface area (Å²) in [5.41, 5.74) is 1.65. The molecule has 0 heterocycles. The van der Waals surface area contributed by atoms with Crippen LogP contribution in [0.2, 0.25) is 0 Å². The second-order valence-electron chi connectivity index (χ2n) is 8.57. The summed E-state index contributed by atoms with van der Waals surface area (Å²) in [6.45, 7) is 0.627. The molecule has 2 N–H and O–H groups in total. The summed E-state index contributed by atoms with van der Waals surface area (Å²) in [4.78, 5) is 0. The molecule has 8 heteroatoms. The van der Waals surface area contributed by atoms with E-state index in [-0.39, 0.29) is 24.2 Å². The SMILES string of the molecule is OC(O)Cc1cc(OCC2CC2)cc(OC2C=C(C3C=CC(OC(F)(F)F)=CC3)C=CC2)c1. The quantitative estimate of drug-likeness (QED) is 0.506. The second kappa shape index (κ2) is 10.1. The fourth-order valence-electron chi connectivity index (χ4n) is 3.85. The number of hydrogen-bond acceptors (Lipinski definition) is 5. The lowest BCUT2D eigenvalue weighted by atomic mass is 9.88. The number of aliphatic hydroxyl groups excluding tert-OH is 1. The van der Waals surface area contributed by atoms with Gasteiger partial charge in [-0.2, -0.15) is 0 Å². The minimum Gasteiger partial charge on any atom is -0.493 e. The van der Waals surface area contributed by atoms with Gasteiger partial charge >= 0.3 is 6.36 Å². The van der Waals surface area contributed by atoms with E-state index in [2.05, 4.69) is 4.74 Å². The van der Waals surface area contributed by atoms with Crippen LogP contribution in [0.15, 0.2) is 66.0 Å². The summed E-state index contributed by atoms with van der Waals surface area (Å²) in [5, 5.41) is 18.7. The van der Waals surface area contributed by atoms with Gasteiger partial charge in [0.1, 0.15) is 23.4 Å². The van der Waals surface area contributed by atoms with Gasteiger partial charge in [-0.25, -0.2) is 0 Å². The Balaban J connectivity index is 1.42. The average molecular weight is 464 g/mol. The molecule has 3 aliphatic rings. The zero-order valence-corrected chi connectivity index (χ0v) is 18.0. The summed E-state index contributed by atoms with van der Waals surface area (Å²) in [5.74, 6) is 1.50. The molecule has 4 rings (SSSR count). The molecule has 0 saturated heterocycles. The van der Waals surface area contributed by atoms with Crippen LogP contribution >= 0.6 is 0 Å². The number of ether oxygens (including phenoxy) is 3. The largest absolute Gasteiger partial charge is 0.573 e. The van der Waals surface area contributed by atoms with Crippen LogP contribution in [0.3, 0.4) is 0 Å². The van der Waals surface area contributed by atoms with Crippen LogP contribution in [0, 0.1) is 11.8 Å². The molecule has 5 nitrogen and oxygen atoms in total. The monoisotopic (exact) mass is 464 g/mol. The van der Waals surface area contributed by atoms with Gasteiger partial charge in [-0.05, 0) is 66.7 Å². The van der Waals surface area contributed by atoms with Crippen molar-refractivity contribution in [1.29, 1.82) is 0 Å². The molecule has 1 fully saturated rings. The van der Waals surface area contributed by atoms with Gasteiger partial charge in [0.05, 0.1) is 6.61 Å². The van der Waals surface area contributed by atoms with Crippen LogP contribution in [-0.4, -0.2) is 35.6 Å². The van der Waals surface area contributed by atoms with Crippen molar-refractivity contribution in [2.24, 2.45) is 11.8 Å². The summed E-state index contributed by atoms with van der Waals surface area (Å²) < 4.78 is 53.2. The normalized spacial score (nSPS) is 22.7. The molecule has 2 atom stereocenters. The van der Waals surface area contributed by atoms with Gasteiger partial charge in [-0.15, -0.1) is 13.2 Å². The van der Waals surface area contributed by atoms with Crippen LogP contribution in [-0.2, 0) is 11.2 Å². The molecule has 3 aliphatic carbocycles. The lowest BCUT2D eigenvalue weighted by molar-refractivity contribution is -0.303. The van der Waals surface area contributed by atoms with Crippen molar-refractivity contribution in [3.05, 3.63) is 71.6 Å². The van der Waals surface area contributed by atoms with E-state index < -0.39 is 12.7 Å². The van der Waals surface area contributed by atoms with E-state index in [0.29, 0.717) is 42.4 Å². The molecule has 0 radical (unpaired) electrons. The molecule has 1 saturated carbocycles. The number of aliphatic hydroxyl groups is 2. The Morgan fingerprint density at radius 1 is 1.03 bits per heavy atom. The molecular formula is C25H27F3O5. The highest BCUT2D eigenvalue weighted by Gasteiger charge is 2.32. The third-order valence-corrected chi connectivity index (χ3v) is 5.61. The maximum Gasteiger partial charge on any atom is 0.573 e. The first-order valence-corrected chi connectivity index (χ1v) is 11.1. The van der Waals surface area contributed by atoms with Gasteiger partial charge in [-0.3, -0.25) is 0 Å². The maximum absolute atomic E-state index is 12.4. The highest BCUT2D eigenvalue weighted by atomic mass is 19.4. The van der Waals surface area contributed by atoms with E-state index in [1.807, 2.05) is 18.2 Å². The second-order valence-corrected chi connectivity index (χ2v) is 8.57. The van der Waals surface area contributed by atoms with Crippen molar-refractivity contribution in [2.75, 3.05) is 6.61 Å². The van der Waals surface area contributed by atoms with Crippen LogP contribution in [0.1, 0.15) is 31.2 Å². The van der Waals surface area contributed by atoms with Crippen LogP contribution in [0.5, 0.6) is 11.5 Å². The van der Waals surface area contributed by atoms with Crippen molar-refractivity contribution in [3.63, 3.8) is 0 Å². The zero-order chi connectivity index (χ0) is 23.4. The molecule has 0 bridgehead atoms. The fraction of sp³-hybridized carbons (Fsp3) is 0.440. The smallest absolute Gasteiger partial charge is 0.493 e. The zero-order valence-electron chi connectivity index (χ0n) is 18.0. The highest BCUT2D eigenvalue weighted by molar-refractivity contribution is 5.40. The lowest BCUT2D eigenvalue weighted by Gasteiger charge is -2.24. The van der Waals surface area contributed by atoms with E-state index in [1.165, 1.54) is 12.2 Å². The molecule has 1 aromatic carbocycles. The Bertz CT molecular complexity index is 957. The summed E-state index contributed by atoms with van der Waals surface area (Å²) in [7, 11) is 0. The predicted octanol–water partition coefficient (Wildman–Crippen LogP) is 4.96. The van der Waals surface area contributed by atoms with E-state index in [9.17, 15) is 23.4 Å². The van der Waals surface area contributed by atoms with Gasteiger partial charge in [-0.1, -0.05) is 18.2 Å². The third kappa shape index (κ3) is 7.40. The van der Waals surface area contributed by atoms with Crippen LogP contribution in [0.4, 0.5) is 13.2 Å². The van der Waals surface area contributed by atoms with Crippen LogP contribution in [0.25, 0.3) is 0 Å². The standard InChI is InChI=1S/C25H27F3O5/c26-25(27,28)33-20-8-6-18(7-9-20)19-2-1-3-21(13-19)32-23-11-17(12-24(29)30)10-22(14-23)31-15-16-4-5-16/h1-2,6,8-11,13-14,16,18,21,24,29-30H,3-5,7,12,15H2. The third-order valence-electron chi connectivity index (χ3n) is 5.61. The molecule has 0 aliphatic heterocycles. The minimum atomic E-state index is -4.70. The van der Waals surface area contributed by atoms with Gasteiger partial charge in [0.15, 0.2) is 6.29 Å². The predicted molar refractivity (Wildman–Crippen MR) is 115 cm³/mol. The van der Waals surface area contributed by atoms with Crippen molar-refractivity contribution in [3.8, 4) is 11.5 Å². The maximum atomic E-state index is 12.4. The molecule has 0 aromatic heterocycles. The minimum absolute atomic E-state index is 0.0597. The highest BCUT2D eigenvalue weighted by Crippen LogP contribution is 2.33. The summed E-state index contributed by atoms with van der Waals surface area (Å²) in [6, 6.07) is 5.35. The Hall–Kier alpha value is -2.71. The van der Waals surface area contributed by atoms with Crippen molar-refractivity contribution >= 4 is 0 Å². The van der Waals surface area contributed by atoms with Gasteiger partial charge in [0.2, 0.25) is 0 Å². The first kappa shape index (κ1) is 23.4. The van der Waals surface area contributed by atoms with Gasteiger partial charge in [0.25, 0.3) is 0 Å². The average Bonchev–Trinajstić information content (AvgIpc) is 3.56. The van der Waals surface area contributed by atoms with Gasteiger partial charge < -0.3 is 24.4 Å². The van der Waals surface area contributed by atoms with E-state index in [0.717, 1.165) is 18.4 Å². The van der Waals surface area contributed by atoms with Crippen molar-refractivity contribution < 1.29 is 37.6 Å². The summed E-state index contributed by atoms with van der Waals surface area (Å²) >= 11 is 0. The van der Waals surface area contributed by atoms with Crippen LogP contribution < -0.4 is 9.47 Å². The van der Waals surface area contributed by atoms with Gasteiger partial charge in [0, 0.05) is 24.8 Å². The fourth-order valence-corrected chi connectivity index (χ4v) is 3.85. The number of alkyl halides is 3. The van der Waals surface area contributed by atoms with E-state index in [1.54, 1.807) is 24.3 Å². The molecule has 0 amide bonds. The number of rotatable bonds is 9. The summed E-state index contributed by atoms with van der Waals surface area (Å²) in [6.07, 6.45) is 7.37. The Kier molecular flexibility index (Phi) is 7.14. The van der Waals surface area contributed by atoms with Crippen molar-refractivity contribution in [1.82, 2.24) is 0 Å². The van der Waals surface area contributed by atoms with E-state index >= 15 is 0 Å². The molecule has 33 heavy (non-hydrogen) atoms. The Labute approximate surface area is 190 Å². The topological polar surface area (TPSA) is 68.2 Å². The van der Waals surface area contributed by atoms with E-state index in [4.69, 9.17) is 9.47 Å². The first-order valence-electron chi connectivity index (χ1n) is 11.1. The molecule has 2 unspecified atom stereocenters. The van der Waals surface area contributed by atoms with Crippen molar-refractivity contribution in [2.45, 2.75) is 50.9 Å². The number of hydrogen-bond donors (Lipinski definition) is 2. The number of allylic oxidation sites excluding steroid dienone is 5.